The van der Waals surface area contributed by atoms with E-state index in [0.29, 0.717) is 0 Å². The molecule has 2 rings (SSSR count). The fourth-order valence-electron chi connectivity index (χ4n) is 3.55. The molecule has 0 aromatic carbocycles. The standard InChI is InChI=1S/C16H31N3O/c1-3-16(8-4-9-17-13-16)15(20)18-10-5-14-6-11-19(2)12-7-14/h14,17H,3-13H2,1-2H3,(H,18,20). The van der Waals surface area contributed by atoms with Gasteiger partial charge in [-0.2, -0.15) is 0 Å². The third-order valence-corrected chi connectivity index (χ3v) is 5.31. The van der Waals surface area contributed by atoms with Gasteiger partial charge in [-0.25, -0.2) is 0 Å². The topological polar surface area (TPSA) is 44.4 Å². The Morgan fingerprint density at radius 3 is 2.75 bits per heavy atom. The zero-order valence-corrected chi connectivity index (χ0v) is 13.2. The molecule has 2 aliphatic rings. The van der Waals surface area contributed by atoms with Gasteiger partial charge in [-0.3, -0.25) is 4.79 Å². The minimum absolute atomic E-state index is 0.148. The van der Waals surface area contributed by atoms with Crippen LogP contribution in [-0.4, -0.2) is 50.6 Å². The summed E-state index contributed by atoms with van der Waals surface area (Å²) >= 11 is 0. The van der Waals surface area contributed by atoms with Crippen LogP contribution in [0.25, 0.3) is 0 Å². The molecule has 1 unspecified atom stereocenters. The van der Waals surface area contributed by atoms with Gasteiger partial charge in [0.05, 0.1) is 5.41 Å². The summed E-state index contributed by atoms with van der Waals surface area (Å²) in [6.45, 7) is 7.33. The zero-order valence-electron chi connectivity index (χ0n) is 13.2. The molecule has 0 aliphatic carbocycles. The predicted octanol–water partition coefficient (Wildman–Crippen LogP) is 1.61. The van der Waals surface area contributed by atoms with E-state index < -0.39 is 0 Å². The summed E-state index contributed by atoms with van der Waals surface area (Å²) in [5.74, 6) is 1.08. The van der Waals surface area contributed by atoms with Gasteiger partial charge in [-0.15, -0.1) is 0 Å². The van der Waals surface area contributed by atoms with Crippen molar-refractivity contribution in [2.24, 2.45) is 11.3 Å². The second kappa shape index (κ2) is 7.41. The molecular weight excluding hydrogens is 250 g/mol. The molecule has 0 bridgehead atoms. The lowest BCUT2D eigenvalue weighted by molar-refractivity contribution is -0.132. The molecule has 0 radical (unpaired) electrons. The summed E-state index contributed by atoms with van der Waals surface area (Å²) in [4.78, 5) is 14.9. The van der Waals surface area contributed by atoms with E-state index in [1.807, 2.05) is 0 Å². The summed E-state index contributed by atoms with van der Waals surface area (Å²) in [6.07, 6.45) is 6.82. The van der Waals surface area contributed by atoms with Crippen molar-refractivity contribution in [2.45, 2.75) is 45.4 Å². The number of carbonyl (C=O) groups excluding carboxylic acids is 1. The summed E-state index contributed by atoms with van der Waals surface area (Å²) < 4.78 is 0. The van der Waals surface area contributed by atoms with E-state index in [1.165, 1.54) is 25.9 Å². The molecule has 2 fully saturated rings. The van der Waals surface area contributed by atoms with E-state index in [1.54, 1.807) is 0 Å². The maximum atomic E-state index is 12.5. The minimum Gasteiger partial charge on any atom is -0.356 e. The number of amides is 1. The first kappa shape index (κ1) is 15.8. The van der Waals surface area contributed by atoms with Crippen molar-refractivity contribution >= 4 is 5.91 Å². The van der Waals surface area contributed by atoms with Gasteiger partial charge in [0.15, 0.2) is 0 Å². The Hall–Kier alpha value is -0.610. The molecule has 0 spiro atoms. The second-order valence-corrected chi connectivity index (χ2v) is 6.71. The van der Waals surface area contributed by atoms with Gasteiger partial charge in [0, 0.05) is 13.1 Å². The summed E-state index contributed by atoms with van der Waals surface area (Å²) in [7, 11) is 2.19. The Morgan fingerprint density at radius 2 is 2.15 bits per heavy atom. The lowest BCUT2D eigenvalue weighted by Gasteiger charge is -2.35. The van der Waals surface area contributed by atoms with Crippen LogP contribution in [-0.2, 0) is 4.79 Å². The van der Waals surface area contributed by atoms with Crippen LogP contribution in [0.15, 0.2) is 0 Å². The number of nitrogens with one attached hydrogen (secondary N) is 2. The Balaban J connectivity index is 1.71. The molecule has 4 heteroatoms. The molecule has 20 heavy (non-hydrogen) atoms. The van der Waals surface area contributed by atoms with E-state index in [-0.39, 0.29) is 11.3 Å². The molecular formula is C16H31N3O. The maximum Gasteiger partial charge on any atom is 0.227 e. The molecule has 116 valence electrons. The van der Waals surface area contributed by atoms with Crippen molar-refractivity contribution in [1.82, 2.24) is 15.5 Å². The van der Waals surface area contributed by atoms with Crippen molar-refractivity contribution in [3.63, 3.8) is 0 Å². The number of likely N-dealkylation sites (tertiary alicyclic amines) is 1. The molecule has 0 aromatic heterocycles. The van der Waals surface area contributed by atoms with Crippen LogP contribution in [0.4, 0.5) is 0 Å². The van der Waals surface area contributed by atoms with E-state index >= 15 is 0 Å². The van der Waals surface area contributed by atoms with Gasteiger partial charge in [-0.05, 0) is 71.1 Å². The molecule has 4 nitrogen and oxygen atoms in total. The highest BCUT2D eigenvalue weighted by Crippen LogP contribution is 2.30. The molecule has 2 heterocycles. The van der Waals surface area contributed by atoms with Crippen LogP contribution in [0.2, 0.25) is 0 Å². The smallest absolute Gasteiger partial charge is 0.227 e. The summed E-state index contributed by atoms with van der Waals surface area (Å²) in [5.41, 5.74) is -0.148. The quantitative estimate of drug-likeness (QED) is 0.805. The Kier molecular flexibility index (Phi) is 5.85. The Morgan fingerprint density at radius 1 is 1.40 bits per heavy atom. The molecule has 0 aromatic rings. The normalized spacial score (nSPS) is 29.3. The number of hydrogen-bond acceptors (Lipinski definition) is 3. The Bertz CT molecular complexity index is 305. The molecule has 2 saturated heterocycles. The average molecular weight is 281 g/mol. The number of nitrogens with zero attached hydrogens (tertiary/aromatic N) is 1. The molecule has 1 atom stereocenters. The lowest BCUT2D eigenvalue weighted by atomic mass is 9.77. The minimum atomic E-state index is -0.148. The summed E-state index contributed by atoms with van der Waals surface area (Å²) in [5, 5.41) is 6.60. The fraction of sp³-hybridized carbons (Fsp3) is 0.938. The Labute approximate surface area is 123 Å². The van der Waals surface area contributed by atoms with Gasteiger partial charge in [0.2, 0.25) is 5.91 Å². The van der Waals surface area contributed by atoms with Crippen molar-refractivity contribution in [3.8, 4) is 0 Å². The van der Waals surface area contributed by atoms with Gasteiger partial charge in [-0.1, -0.05) is 6.92 Å². The van der Waals surface area contributed by atoms with E-state index in [0.717, 1.165) is 51.2 Å². The first-order valence-electron chi connectivity index (χ1n) is 8.34. The van der Waals surface area contributed by atoms with Crippen molar-refractivity contribution in [1.29, 1.82) is 0 Å². The van der Waals surface area contributed by atoms with Gasteiger partial charge in [0.1, 0.15) is 0 Å². The first-order valence-corrected chi connectivity index (χ1v) is 8.34. The molecule has 2 aliphatic heterocycles. The fourth-order valence-corrected chi connectivity index (χ4v) is 3.55. The third kappa shape index (κ3) is 3.95. The molecule has 1 amide bonds. The first-order chi connectivity index (χ1) is 9.66. The molecule has 0 saturated carbocycles. The lowest BCUT2D eigenvalue weighted by Crippen LogP contribution is -2.50. The SMILES string of the molecule is CCC1(C(=O)NCCC2CCN(C)CC2)CCCNC1. The highest BCUT2D eigenvalue weighted by Gasteiger charge is 2.37. The monoisotopic (exact) mass is 281 g/mol. The van der Waals surface area contributed by atoms with Crippen LogP contribution in [0.1, 0.15) is 45.4 Å². The number of carbonyl (C=O) groups is 1. The van der Waals surface area contributed by atoms with Gasteiger partial charge < -0.3 is 15.5 Å². The number of piperidine rings is 2. The van der Waals surface area contributed by atoms with Gasteiger partial charge >= 0.3 is 0 Å². The van der Waals surface area contributed by atoms with Crippen LogP contribution >= 0.6 is 0 Å². The second-order valence-electron chi connectivity index (χ2n) is 6.71. The van der Waals surface area contributed by atoms with Gasteiger partial charge in [0.25, 0.3) is 0 Å². The molecule has 2 N–H and O–H groups in total. The third-order valence-electron chi connectivity index (χ3n) is 5.31. The van der Waals surface area contributed by atoms with Crippen LogP contribution in [0.3, 0.4) is 0 Å². The van der Waals surface area contributed by atoms with Crippen molar-refractivity contribution < 1.29 is 4.79 Å². The number of rotatable bonds is 5. The predicted molar refractivity (Wildman–Crippen MR) is 82.7 cm³/mol. The van der Waals surface area contributed by atoms with Crippen molar-refractivity contribution in [3.05, 3.63) is 0 Å². The highest BCUT2D eigenvalue weighted by atomic mass is 16.2. The van der Waals surface area contributed by atoms with Crippen molar-refractivity contribution in [2.75, 3.05) is 39.8 Å². The maximum absolute atomic E-state index is 12.5. The zero-order chi connectivity index (χ0) is 14.4. The average Bonchev–Trinajstić information content (AvgIpc) is 2.50. The van der Waals surface area contributed by atoms with E-state index in [9.17, 15) is 4.79 Å². The van der Waals surface area contributed by atoms with Crippen LogP contribution in [0, 0.1) is 11.3 Å². The summed E-state index contributed by atoms with van der Waals surface area (Å²) in [6, 6.07) is 0. The van der Waals surface area contributed by atoms with E-state index in [2.05, 4.69) is 29.5 Å². The largest absolute Gasteiger partial charge is 0.356 e. The van der Waals surface area contributed by atoms with E-state index in [4.69, 9.17) is 0 Å². The van der Waals surface area contributed by atoms with Crippen LogP contribution in [0.5, 0.6) is 0 Å². The van der Waals surface area contributed by atoms with Crippen LogP contribution < -0.4 is 10.6 Å². The highest BCUT2D eigenvalue weighted by molar-refractivity contribution is 5.83. The number of hydrogen-bond donors (Lipinski definition) is 2.